The van der Waals surface area contributed by atoms with Crippen molar-refractivity contribution in [3.05, 3.63) is 94.3 Å². The van der Waals surface area contributed by atoms with Gasteiger partial charge >= 0.3 is 5.97 Å². The van der Waals surface area contributed by atoms with Crippen molar-refractivity contribution in [2.24, 2.45) is 7.05 Å². The smallest absolute Gasteiger partial charge is 0.337 e. The van der Waals surface area contributed by atoms with Crippen molar-refractivity contribution in [2.75, 3.05) is 7.11 Å². The monoisotopic (exact) mass is 500 g/mol. The van der Waals surface area contributed by atoms with Crippen LogP contribution < -0.4 is 10.1 Å². The Morgan fingerprint density at radius 1 is 1.19 bits per heavy atom. The van der Waals surface area contributed by atoms with Crippen molar-refractivity contribution < 1.29 is 24.2 Å². The Bertz CT molecular complexity index is 1440. The number of benzene rings is 2. The molecule has 0 saturated carbocycles. The molecule has 0 bridgehead atoms. The number of ether oxygens (including phenoxy) is 2. The van der Waals surface area contributed by atoms with Crippen LogP contribution in [0.4, 0.5) is 0 Å². The normalized spacial score (nSPS) is 19.4. The molecule has 2 aromatic carbocycles. The SMILES string of the molecule is COc1ccccc1[C@H]1CC(=O)C2=C(C1)NC(C)=C(C(=O)OCc1nncn1C)[C@H]2c1cccc(O)c1. The summed E-state index contributed by atoms with van der Waals surface area (Å²) in [4.78, 5) is 27.2. The number of ketones is 1. The molecule has 2 heterocycles. The third kappa shape index (κ3) is 4.60. The molecule has 1 aliphatic heterocycles. The summed E-state index contributed by atoms with van der Waals surface area (Å²) in [6.45, 7) is 1.74. The lowest BCUT2D eigenvalue weighted by Gasteiger charge is -2.37. The van der Waals surface area contributed by atoms with Crippen LogP contribution >= 0.6 is 0 Å². The summed E-state index contributed by atoms with van der Waals surface area (Å²) in [6, 6.07) is 14.4. The van der Waals surface area contributed by atoms with E-state index >= 15 is 0 Å². The van der Waals surface area contributed by atoms with E-state index in [1.807, 2.05) is 30.3 Å². The summed E-state index contributed by atoms with van der Waals surface area (Å²) in [5, 5.41) is 21.3. The van der Waals surface area contributed by atoms with Gasteiger partial charge in [0.15, 0.2) is 18.2 Å². The highest BCUT2D eigenvalue weighted by atomic mass is 16.5. The third-order valence-corrected chi connectivity index (χ3v) is 6.97. The number of carbonyl (C=O) groups is 2. The van der Waals surface area contributed by atoms with E-state index in [0.717, 1.165) is 17.0 Å². The molecule has 0 spiro atoms. The topological polar surface area (TPSA) is 116 Å². The predicted molar refractivity (Wildman–Crippen MR) is 134 cm³/mol. The number of allylic oxidation sites excluding steroid dienone is 3. The average Bonchev–Trinajstić information content (AvgIpc) is 3.30. The van der Waals surface area contributed by atoms with Crippen LogP contribution in [-0.4, -0.2) is 38.7 Å². The van der Waals surface area contributed by atoms with Crippen LogP contribution in [0.1, 0.15) is 48.6 Å². The molecule has 2 atom stereocenters. The van der Waals surface area contributed by atoms with E-state index < -0.39 is 11.9 Å². The molecule has 0 saturated heterocycles. The lowest BCUT2D eigenvalue weighted by Crippen LogP contribution is -2.36. The van der Waals surface area contributed by atoms with Gasteiger partial charge in [0.2, 0.25) is 0 Å². The number of esters is 1. The summed E-state index contributed by atoms with van der Waals surface area (Å²) in [5.41, 5.74) is 3.83. The van der Waals surface area contributed by atoms with Crippen molar-refractivity contribution in [3.8, 4) is 11.5 Å². The van der Waals surface area contributed by atoms with E-state index in [0.29, 0.717) is 34.7 Å². The Kier molecular flexibility index (Phi) is 6.52. The zero-order valence-electron chi connectivity index (χ0n) is 20.9. The van der Waals surface area contributed by atoms with Gasteiger partial charge in [0.25, 0.3) is 0 Å². The molecule has 0 unspecified atom stereocenters. The van der Waals surface area contributed by atoms with E-state index in [1.54, 1.807) is 43.8 Å². The lowest BCUT2D eigenvalue weighted by atomic mass is 9.71. The zero-order chi connectivity index (χ0) is 26.1. The number of rotatable bonds is 6. The molecule has 0 radical (unpaired) electrons. The number of aromatic hydroxyl groups is 1. The molecule has 1 aliphatic carbocycles. The number of dihydropyridines is 1. The van der Waals surface area contributed by atoms with Gasteiger partial charge in [-0.1, -0.05) is 30.3 Å². The molecule has 0 amide bonds. The maximum Gasteiger partial charge on any atom is 0.337 e. The van der Waals surface area contributed by atoms with Gasteiger partial charge in [0.05, 0.1) is 12.7 Å². The van der Waals surface area contributed by atoms with Crippen LogP contribution in [0.2, 0.25) is 0 Å². The van der Waals surface area contributed by atoms with Crippen LogP contribution in [0.25, 0.3) is 0 Å². The number of aromatic nitrogens is 3. The van der Waals surface area contributed by atoms with Gasteiger partial charge in [-0.25, -0.2) is 4.79 Å². The van der Waals surface area contributed by atoms with E-state index in [4.69, 9.17) is 9.47 Å². The highest BCUT2D eigenvalue weighted by Gasteiger charge is 2.42. The standard InChI is InChI=1S/C28H28N4O5/c1-16-25(28(35)37-14-24-31-29-15-32(24)2)26(17-7-6-8-19(33)11-17)27-21(30-16)12-18(13-22(27)34)20-9-4-5-10-23(20)36-3/h4-11,15,18,26,30,33H,12-14H2,1-3H3/t18-,26-/m1/s1. The Hall–Kier alpha value is -4.40. The maximum absolute atomic E-state index is 13.7. The second kappa shape index (κ2) is 9.93. The van der Waals surface area contributed by atoms with E-state index in [1.165, 1.54) is 6.33 Å². The fraction of sp³-hybridized carbons (Fsp3) is 0.286. The molecule has 5 rings (SSSR count). The molecule has 1 aromatic heterocycles. The summed E-state index contributed by atoms with van der Waals surface area (Å²) in [6.07, 6.45) is 2.38. The molecular weight excluding hydrogens is 472 g/mol. The fourth-order valence-electron chi connectivity index (χ4n) is 5.22. The quantitative estimate of drug-likeness (QED) is 0.493. The van der Waals surface area contributed by atoms with Crippen molar-refractivity contribution in [1.82, 2.24) is 20.1 Å². The highest BCUT2D eigenvalue weighted by Crippen LogP contribution is 2.47. The van der Waals surface area contributed by atoms with Crippen molar-refractivity contribution in [1.29, 1.82) is 0 Å². The summed E-state index contributed by atoms with van der Waals surface area (Å²) in [5.74, 6) is -0.0876. The second-order valence-corrected chi connectivity index (χ2v) is 9.29. The molecule has 2 N–H and O–H groups in total. The number of methoxy groups -OCH3 is 1. The van der Waals surface area contributed by atoms with Crippen molar-refractivity contribution in [3.63, 3.8) is 0 Å². The van der Waals surface area contributed by atoms with E-state index in [9.17, 15) is 14.7 Å². The summed E-state index contributed by atoms with van der Waals surface area (Å²) < 4.78 is 12.8. The first-order valence-corrected chi connectivity index (χ1v) is 12.0. The number of hydrogen-bond acceptors (Lipinski definition) is 8. The molecule has 3 aromatic rings. The largest absolute Gasteiger partial charge is 0.508 e. The molecule has 190 valence electrons. The number of hydrogen-bond donors (Lipinski definition) is 2. The number of para-hydroxylation sites is 1. The maximum atomic E-state index is 13.7. The molecule has 2 aliphatic rings. The zero-order valence-corrected chi connectivity index (χ0v) is 20.9. The van der Waals surface area contributed by atoms with Gasteiger partial charge < -0.3 is 24.5 Å². The summed E-state index contributed by atoms with van der Waals surface area (Å²) in [7, 11) is 3.39. The first-order chi connectivity index (χ1) is 17.9. The second-order valence-electron chi connectivity index (χ2n) is 9.29. The Morgan fingerprint density at radius 2 is 2.00 bits per heavy atom. The van der Waals surface area contributed by atoms with E-state index in [-0.39, 0.29) is 30.5 Å². The van der Waals surface area contributed by atoms with Crippen molar-refractivity contribution >= 4 is 11.8 Å². The lowest BCUT2D eigenvalue weighted by molar-refractivity contribution is -0.141. The summed E-state index contributed by atoms with van der Waals surface area (Å²) >= 11 is 0. The number of Topliss-reactive ketones (excluding diaryl/α,β-unsaturated/α-hetero) is 1. The van der Waals surface area contributed by atoms with Crippen LogP contribution in [0.5, 0.6) is 11.5 Å². The highest BCUT2D eigenvalue weighted by molar-refractivity contribution is 6.04. The Labute approximate surface area is 214 Å². The van der Waals surface area contributed by atoms with Crippen LogP contribution in [0.3, 0.4) is 0 Å². The van der Waals surface area contributed by atoms with Crippen molar-refractivity contribution in [2.45, 2.75) is 38.2 Å². The number of phenolic OH excluding ortho intramolecular Hbond substituents is 1. The Balaban J connectivity index is 1.53. The molecule has 9 nitrogen and oxygen atoms in total. The molecular formula is C28H28N4O5. The first kappa shape index (κ1) is 24.3. The molecule has 0 fully saturated rings. The third-order valence-electron chi connectivity index (χ3n) is 6.97. The van der Waals surface area contributed by atoms with Crippen LogP contribution in [-0.2, 0) is 28.0 Å². The van der Waals surface area contributed by atoms with Crippen LogP contribution in [0, 0.1) is 0 Å². The Morgan fingerprint density at radius 3 is 2.73 bits per heavy atom. The van der Waals surface area contributed by atoms with Gasteiger partial charge in [-0.3, -0.25) is 4.79 Å². The predicted octanol–water partition coefficient (Wildman–Crippen LogP) is 3.63. The van der Waals surface area contributed by atoms with Gasteiger partial charge in [-0.05, 0) is 42.7 Å². The number of nitrogens with zero attached hydrogens (tertiary/aromatic N) is 3. The number of phenols is 1. The molecule has 9 heteroatoms. The first-order valence-electron chi connectivity index (χ1n) is 12.0. The van der Waals surface area contributed by atoms with Gasteiger partial charge in [-0.15, -0.1) is 10.2 Å². The number of nitrogens with one attached hydrogen (secondary N) is 1. The number of carbonyl (C=O) groups excluding carboxylic acids is 2. The van der Waals surface area contributed by atoms with Gasteiger partial charge in [0, 0.05) is 42.3 Å². The molecule has 37 heavy (non-hydrogen) atoms. The van der Waals surface area contributed by atoms with E-state index in [2.05, 4.69) is 15.5 Å². The van der Waals surface area contributed by atoms with Gasteiger partial charge in [-0.2, -0.15) is 0 Å². The average molecular weight is 501 g/mol. The minimum Gasteiger partial charge on any atom is -0.508 e. The minimum absolute atomic E-state index is 0.0535. The van der Waals surface area contributed by atoms with Crippen LogP contribution in [0.15, 0.2) is 77.4 Å². The van der Waals surface area contributed by atoms with Gasteiger partial charge in [0.1, 0.15) is 17.8 Å². The fourth-order valence-corrected chi connectivity index (χ4v) is 5.22. The minimum atomic E-state index is -0.679. The number of aryl methyl sites for hydroxylation is 1.